The first-order chi connectivity index (χ1) is 8.79. The lowest BCUT2D eigenvalue weighted by molar-refractivity contribution is -0.137. The van der Waals surface area contributed by atoms with E-state index in [-0.39, 0.29) is 22.2 Å². The second-order valence-corrected chi connectivity index (χ2v) is 4.08. The van der Waals surface area contributed by atoms with Gasteiger partial charge in [0.2, 0.25) is 5.28 Å². The molecule has 2 aromatic rings. The Morgan fingerprint density at radius 3 is 2.42 bits per heavy atom. The fraction of sp³-hybridized carbons (Fsp3) is 0.0909. The minimum absolute atomic E-state index is 0.0836. The van der Waals surface area contributed by atoms with Crippen molar-refractivity contribution in [2.45, 2.75) is 6.18 Å². The van der Waals surface area contributed by atoms with Crippen molar-refractivity contribution in [2.75, 3.05) is 11.5 Å². The standard InChI is InChI=1S/C11H8ClF3N4/c12-10-18-4-7(11(13,14)15)9(19-10)6-2-1-5(16)3-8(6)17/h1-4H,16-17H2. The van der Waals surface area contributed by atoms with Crippen LogP contribution >= 0.6 is 11.6 Å². The first-order valence-electron chi connectivity index (χ1n) is 5.04. The van der Waals surface area contributed by atoms with Crippen LogP contribution in [0.25, 0.3) is 11.3 Å². The van der Waals surface area contributed by atoms with Crippen molar-refractivity contribution in [1.82, 2.24) is 9.97 Å². The minimum atomic E-state index is -4.60. The summed E-state index contributed by atoms with van der Waals surface area (Å²) in [4.78, 5) is 6.96. The van der Waals surface area contributed by atoms with Gasteiger partial charge in [-0.05, 0) is 29.8 Å². The Morgan fingerprint density at radius 2 is 1.84 bits per heavy atom. The van der Waals surface area contributed by atoms with Gasteiger partial charge in [0.25, 0.3) is 0 Å². The molecule has 0 spiro atoms. The second kappa shape index (κ2) is 4.58. The molecule has 4 nitrogen and oxygen atoms in total. The number of halogens is 4. The molecule has 0 unspecified atom stereocenters. The number of benzene rings is 1. The number of nitrogens with zero attached hydrogens (tertiary/aromatic N) is 2. The van der Waals surface area contributed by atoms with Crippen molar-refractivity contribution < 1.29 is 13.2 Å². The lowest BCUT2D eigenvalue weighted by Crippen LogP contribution is -2.10. The molecule has 1 aromatic carbocycles. The van der Waals surface area contributed by atoms with Crippen LogP contribution in [-0.2, 0) is 6.18 Å². The van der Waals surface area contributed by atoms with Crippen LogP contribution in [0.4, 0.5) is 24.5 Å². The van der Waals surface area contributed by atoms with E-state index in [9.17, 15) is 13.2 Å². The summed E-state index contributed by atoms with van der Waals surface area (Å²) in [5, 5.41) is -0.292. The first kappa shape index (κ1) is 13.4. The smallest absolute Gasteiger partial charge is 0.399 e. The zero-order valence-corrected chi connectivity index (χ0v) is 10.1. The summed E-state index contributed by atoms with van der Waals surface area (Å²) >= 11 is 5.55. The highest BCUT2D eigenvalue weighted by Crippen LogP contribution is 2.38. The zero-order valence-electron chi connectivity index (χ0n) is 9.37. The maximum Gasteiger partial charge on any atom is 0.419 e. The molecule has 19 heavy (non-hydrogen) atoms. The molecule has 0 aliphatic rings. The Hall–Kier alpha value is -2.02. The van der Waals surface area contributed by atoms with Gasteiger partial charge < -0.3 is 11.5 Å². The van der Waals surface area contributed by atoms with E-state index in [0.29, 0.717) is 11.9 Å². The van der Waals surface area contributed by atoms with Gasteiger partial charge in [-0.25, -0.2) is 9.97 Å². The van der Waals surface area contributed by atoms with Crippen LogP contribution < -0.4 is 11.5 Å². The molecular weight excluding hydrogens is 281 g/mol. The average Bonchev–Trinajstić information content (AvgIpc) is 2.27. The molecule has 4 N–H and O–H groups in total. The first-order valence-corrected chi connectivity index (χ1v) is 5.42. The van der Waals surface area contributed by atoms with Crippen LogP contribution in [0.15, 0.2) is 24.4 Å². The van der Waals surface area contributed by atoms with E-state index in [1.807, 2.05) is 0 Å². The van der Waals surface area contributed by atoms with Gasteiger partial charge in [-0.15, -0.1) is 0 Å². The summed E-state index contributed by atoms with van der Waals surface area (Å²) in [6.07, 6.45) is -3.98. The predicted molar refractivity (Wildman–Crippen MR) is 66.3 cm³/mol. The number of rotatable bonds is 1. The third kappa shape index (κ3) is 2.70. The van der Waals surface area contributed by atoms with Gasteiger partial charge >= 0.3 is 6.18 Å². The molecule has 0 aliphatic heterocycles. The highest BCUT2D eigenvalue weighted by Gasteiger charge is 2.35. The second-order valence-electron chi connectivity index (χ2n) is 3.75. The quantitative estimate of drug-likeness (QED) is 0.624. The number of aromatic nitrogens is 2. The van der Waals surface area contributed by atoms with Crippen LogP contribution in [0.1, 0.15) is 5.56 Å². The highest BCUT2D eigenvalue weighted by molar-refractivity contribution is 6.28. The lowest BCUT2D eigenvalue weighted by atomic mass is 10.0. The largest absolute Gasteiger partial charge is 0.419 e. The Kier molecular flexibility index (Phi) is 3.23. The van der Waals surface area contributed by atoms with Crippen molar-refractivity contribution in [2.24, 2.45) is 0 Å². The number of alkyl halides is 3. The Balaban J connectivity index is 2.70. The lowest BCUT2D eigenvalue weighted by Gasteiger charge is -2.13. The summed E-state index contributed by atoms with van der Waals surface area (Å²) in [6, 6.07) is 4.14. The molecule has 0 saturated heterocycles. The average molecular weight is 289 g/mol. The van der Waals surface area contributed by atoms with E-state index in [2.05, 4.69) is 9.97 Å². The Labute approximate surface area is 111 Å². The van der Waals surface area contributed by atoms with Crippen LogP contribution in [0.5, 0.6) is 0 Å². The number of hydrogen-bond donors (Lipinski definition) is 2. The van der Waals surface area contributed by atoms with E-state index in [0.717, 1.165) is 0 Å². The Morgan fingerprint density at radius 1 is 1.16 bits per heavy atom. The van der Waals surface area contributed by atoms with E-state index in [1.165, 1.54) is 18.2 Å². The van der Waals surface area contributed by atoms with Gasteiger partial charge in [-0.2, -0.15) is 13.2 Å². The molecule has 0 saturated carbocycles. The molecule has 0 aliphatic carbocycles. The van der Waals surface area contributed by atoms with Gasteiger partial charge in [0, 0.05) is 23.1 Å². The fourth-order valence-corrected chi connectivity index (χ4v) is 1.70. The molecule has 0 amide bonds. The number of nitrogen functional groups attached to an aromatic ring is 2. The van der Waals surface area contributed by atoms with Gasteiger partial charge in [0.05, 0.1) is 5.69 Å². The molecule has 8 heteroatoms. The Bertz CT molecular complexity index is 628. The molecule has 2 rings (SSSR count). The van der Waals surface area contributed by atoms with Crippen LogP contribution in [0, 0.1) is 0 Å². The summed E-state index contributed by atoms with van der Waals surface area (Å²) < 4.78 is 38.7. The van der Waals surface area contributed by atoms with Crippen molar-refractivity contribution in [3.05, 3.63) is 35.2 Å². The molecule has 1 aromatic heterocycles. The molecule has 0 atom stereocenters. The van der Waals surface area contributed by atoms with Crippen LogP contribution in [0.2, 0.25) is 5.28 Å². The van der Waals surface area contributed by atoms with Crippen molar-refractivity contribution in [3.8, 4) is 11.3 Å². The number of anilines is 2. The summed E-state index contributed by atoms with van der Waals surface area (Å²) in [7, 11) is 0. The van der Waals surface area contributed by atoms with Crippen molar-refractivity contribution in [1.29, 1.82) is 0 Å². The number of nitrogens with two attached hydrogens (primary N) is 2. The van der Waals surface area contributed by atoms with Gasteiger partial charge in [0.1, 0.15) is 5.56 Å². The summed E-state index contributed by atoms with van der Waals surface area (Å²) in [5.74, 6) is 0. The SMILES string of the molecule is Nc1ccc(-c2nc(Cl)ncc2C(F)(F)F)c(N)c1. The van der Waals surface area contributed by atoms with E-state index in [1.54, 1.807) is 0 Å². The van der Waals surface area contributed by atoms with Crippen LogP contribution in [-0.4, -0.2) is 9.97 Å². The molecular formula is C11H8ClF3N4. The zero-order chi connectivity index (χ0) is 14.2. The maximum absolute atomic E-state index is 12.9. The van der Waals surface area contributed by atoms with E-state index in [4.69, 9.17) is 23.1 Å². The van der Waals surface area contributed by atoms with Crippen molar-refractivity contribution >= 4 is 23.0 Å². The van der Waals surface area contributed by atoms with E-state index >= 15 is 0 Å². The summed E-state index contributed by atoms with van der Waals surface area (Å²) in [5.41, 5.74) is 10.3. The maximum atomic E-state index is 12.9. The molecule has 0 radical (unpaired) electrons. The van der Waals surface area contributed by atoms with Gasteiger partial charge in [0.15, 0.2) is 0 Å². The minimum Gasteiger partial charge on any atom is -0.399 e. The normalized spacial score (nSPS) is 11.6. The van der Waals surface area contributed by atoms with Gasteiger partial charge in [-0.3, -0.25) is 0 Å². The molecule has 0 fully saturated rings. The third-order valence-electron chi connectivity index (χ3n) is 2.40. The highest BCUT2D eigenvalue weighted by atomic mass is 35.5. The van der Waals surface area contributed by atoms with Crippen LogP contribution in [0.3, 0.4) is 0 Å². The predicted octanol–water partition coefficient (Wildman–Crippen LogP) is 2.98. The third-order valence-corrected chi connectivity index (χ3v) is 2.58. The summed E-state index contributed by atoms with van der Waals surface area (Å²) in [6.45, 7) is 0. The van der Waals surface area contributed by atoms with Gasteiger partial charge in [-0.1, -0.05) is 0 Å². The topological polar surface area (TPSA) is 77.8 Å². The number of hydrogen-bond acceptors (Lipinski definition) is 4. The van der Waals surface area contributed by atoms with E-state index < -0.39 is 11.7 Å². The molecule has 1 heterocycles. The fourth-order valence-electron chi connectivity index (χ4n) is 1.57. The van der Waals surface area contributed by atoms with Crippen molar-refractivity contribution in [3.63, 3.8) is 0 Å². The molecule has 0 bridgehead atoms. The monoisotopic (exact) mass is 288 g/mol. The molecule has 100 valence electrons.